The highest BCUT2D eigenvalue weighted by atomic mass is 16.5. The molecule has 0 saturated heterocycles. The number of carboxylic acid groups (broad SMARTS) is 1. The minimum Gasteiger partial charge on any atom is -0.481 e. The van der Waals surface area contributed by atoms with Crippen molar-refractivity contribution in [3.63, 3.8) is 0 Å². The van der Waals surface area contributed by atoms with Crippen LogP contribution < -0.4 is 0 Å². The first-order chi connectivity index (χ1) is 9.49. The molecule has 20 heavy (non-hydrogen) atoms. The second-order valence-electron chi connectivity index (χ2n) is 6.15. The van der Waals surface area contributed by atoms with Gasteiger partial charge in [0.05, 0.1) is 18.4 Å². The Kier molecular flexibility index (Phi) is 7.03. The third kappa shape index (κ3) is 4.50. The molecule has 4 nitrogen and oxygen atoms in total. The predicted octanol–water partition coefficient (Wildman–Crippen LogP) is 3.49. The molecule has 4 atom stereocenters. The van der Waals surface area contributed by atoms with E-state index in [2.05, 4.69) is 6.92 Å². The molecule has 0 aromatic heterocycles. The van der Waals surface area contributed by atoms with E-state index in [0.717, 1.165) is 38.5 Å². The van der Waals surface area contributed by atoms with Crippen LogP contribution in [0.3, 0.4) is 0 Å². The van der Waals surface area contributed by atoms with Crippen LogP contribution in [0.4, 0.5) is 0 Å². The van der Waals surface area contributed by atoms with Crippen LogP contribution in [-0.2, 0) is 14.3 Å². The van der Waals surface area contributed by atoms with E-state index in [0.29, 0.717) is 6.61 Å². The van der Waals surface area contributed by atoms with Gasteiger partial charge in [0.1, 0.15) is 0 Å². The third-order valence-electron chi connectivity index (χ3n) is 4.49. The van der Waals surface area contributed by atoms with Gasteiger partial charge in [0.15, 0.2) is 0 Å². The highest BCUT2D eigenvalue weighted by molar-refractivity contribution is 5.81. The molecule has 1 rings (SSSR count). The number of esters is 1. The van der Waals surface area contributed by atoms with E-state index in [-0.39, 0.29) is 17.8 Å². The van der Waals surface area contributed by atoms with Crippen molar-refractivity contribution in [3.05, 3.63) is 0 Å². The Morgan fingerprint density at radius 1 is 1.05 bits per heavy atom. The molecule has 1 aliphatic rings. The Bertz CT molecular complexity index is 326. The molecule has 1 fully saturated rings. The summed E-state index contributed by atoms with van der Waals surface area (Å²) in [6.45, 7) is 6.44. The lowest BCUT2D eigenvalue weighted by Crippen LogP contribution is -2.42. The Labute approximate surface area is 121 Å². The topological polar surface area (TPSA) is 63.6 Å². The average Bonchev–Trinajstić information content (AvgIpc) is 2.40. The van der Waals surface area contributed by atoms with E-state index in [1.165, 1.54) is 0 Å². The van der Waals surface area contributed by atoms with Gasteiger partial charge in [-0.2, -0.15) is 0 Å². The summed E-state index contributed by atoms with van der Waals surface area (Å²) in [6.07, 6.45) is 5.99. The number of unbranched alkanes of at least 4 members (excludes halogenated alkanes) is 3. The quantitative estimate of drug-likeness (QED) is 0.574. The summed E-state index contributed by atoms with van der Waals surface area (Å²) in [7, 11) is 0. The largest absolute Gasteiger partial charge is 0.481 e. The van der Waals surface area contributed by atoms with Crippen molar-refractivity contribution < 1.29 is 19.4 Å². The second-order valence-corrected chi connectivity index (χ2v) is 6.15. The lowest BCUT2D eigenvalue weighted by atomic mass is 9.67. The summed E-state index contributed by atoms with van der Waals surface area (Å²) in [6, 6.07) is 0. The molecule has 1 N–H and O–H groups in total. The predicted molar refractivity (Wildman–Crippen MR) is 77.3 cm³/mol. The Morgan fingerprint density at radius 2 is 1.65 bits per heavy atom. The molecule has 0 heterocycles. The SMILES string of the molecule is CCCCCCOC(=O)C1C(C)CCC(C)C1C(=O)O. The molecule has 0 amide bonds. The molecular formula is C16H28O4. The van der Waals surface area contributed by atoms with Gasteiger partial charge < -0.3 is 9.84 Å². The van der Waals surface area contributed by atoms with Crippen molar-refractivity contribution in [3.8, 4) is 0 Å². The number of carbonyl (C=O) groups excluding carboxylic acids is 1. The molecule has 0 spiro atoms. The van der Waals surface area contributed by atoms with Crippen LogP contribution in [0.25, 0.3) is 0 Å². The minimum atomic E-state index is -0.864. The fourth-order valence-electron chi connectivity index (χ4n) is 3.17. The van der Waals surface area contributed by atoms with Crippen molar-refractivity contribution in [2.75, 3.05) is 6.61 Å². The number of hydrogen-bond acceptors (Lipinski definition) is 3. The van der Waals surface area contributed by atoms with Crippen LogP contribution in [0.15, 0.2) is 0 Å². The maximum atomic E-state index is 12.2. The van der Waals surface area contributed by atoms with Crippen molar-refractivity contribution in [2.24, 2.45) is 23.7 Å². The minimum absolute atomic E-state index is 0.0429. The summed E-state index contributed by atoms with van der Waals surface area (Å²) in [5.41, 5.74) is 0. The number of carboxylic acids is 1. The maximum absolute atomic E-state index is 12.2. The maximum Gasteiger partial charge on any atom is 0.310 e. The van der Waals surface area contributed by atoms with E-state index < -0.39 is 17.8 Å². The van der Waals surface area contributed by atoms with Gasteiger partial charge in [-0.25, -0.2) is 0 Å². The molecule has 4 heteroatoms. The van der Waals surface area contributed by atoms with E-state index in [4.69, 9.17) is 4.74 Å². The van der Waals surface area contributed by atoms with Gasteiger partial charge in [-0.15, -0.1) is 0 Å². The van der Waals surface area contributed by atoms with Crippen molar-refractivity contribution in [1.29, 1.82) is 0 Å². The first kappa shape index (κ1) is 17.0. The zero-order valence-corrected chi connectivity index (χ0v) is 12.9. The van der Waals surface area contributed by atoms with E-state index >= 15 is 0 Å². The van der Waals surface area contributed by atoms with Gasteiger partial charge in [-0.05, 0) is 31.1 Å². The standard InChI is InChI=1S/C16H28O4/c1-4-5-6-7-10-20-16(19)14-12(3)9-8-11(2)13(14)15(17)18/h11-14H,4-10H2,1-3H3,(H,17,18). The van der Waals surface area contributed by atoms with Crippen molar-refractivity contribution in [1.82, 2.24) is 0 Å². The fourth-order valence-corrected chi connectivity index (χ4v) is 3.17. The van der Waals surface area contributed by atoms with Crippen LogP contribution in [0.1, 0.15) is 59.3 Å². The van der Waals surface area contributed by atoms with Gasteiger partial charge in [0.2, 0.25) is 0 Å². The van der Waals surface area contributed by atoms with Gasteiger partial charge >= 0.3 is 11.9 Å². The molecule has 116 valence electrons. The van der Waals surface area contributed by atoms with Crippen molar-refractivity contribution >= 4 is 11.9 Å². The summed E-state index contributed by atoms with van der Waals surface area (Å²) in [5.74, 6) is -2.12. The third-order valence-corrected chi connectivity index (χ3v) is 4.49. The van der Waals surface area contributed by atoms with Gasteiger partial charge in [-0.3, -0.25) is 9.59 Å². The second kappa shape index (κ2) is 8.28. The number of ether oxygens (including phenoxy) is 1. The van der Waals surface area contributed by atoms with Crippen molar-refractivity contribution in [2.45, 2.75) is 59.3 Å². The van der Waals surface area contributed by atoms with Gasteiger partial charge in [-0.1, -0.05) is 40.0 Å². The van der Waals surface area contributed by atoms with Crippen LogP contribution in [0.2, 0.25) is 0 Å². The van der Waals surface area contributed by atoms with Gasteiger partial charge in [0.25, 0.3) is 0 Å². The summed E-state index contributed by atoms with van der Waals surface area (Å²) in [5, 5.41) is 9.38. The number of aliphatic carboxylic acids is 1. The zero-order chi connectivity index (χ0) is 15.1. The normalized spacial score (nSPS) is 29.9. The molecule has 0 aromatic rings. The van der Waals surface area contributed by atoms with Crippen LogP contribution in [0, 0.1) is 23.7 Å². The van der Waals surface area contributed by atoms with E-state index in [9.17, 15) is 14.7 Å². The van der Waals surface area contributed by atoms with E-state index in [1.807, 2.05) is 13.8 Å². The molecule has 1 saturated carbocycles. The summed E-state index contributed by atoms with van der Waals surface area (Å²) >= 11 is 0. The molecule has 0 aliphatic heterocycles. The molecule has 4 unspecified atom stereocenters. The Balaban J connectivity index is 2.55. The first-order valence-electron chi connectivity index (χ1n) is 7.88. The molecule has 0 radical (unpaired) electrons. The molecular weight excluding hydrogens is 256 g/mol. The number of rotatable bonds is 7. The molecule has 0 aromatic carbocycles. The molecule has 1 aliphatic carbocycles. The average molecular weight is 284 g/mol. The van der Waals surface area contributed by atoms with Crippen LogP contribution in [0.5, 0.6) is 0 Å². The highest BCUT2D eigenvalue weighted by Crippen LogP contribution is 2.39. The Hall–Kier alpha value is -1.06. The smallest absolute Gasteiger partial charge is 0.310 e. The highest BCUT2D eigenvalue weighted by Gasteiger charge is 2.44. The zero-order valence-electron chi connectivity index (χ0n) is 12.9. The monoisotopic (exact) mass is 284 g/mol. The summed E-state index contributed by atoms with van der Waals surface area (Å²) in [4.78, 5) is 23.6. The number of hydrogen-bond donors (Lipinski definition) is 1. The van der Waals surface area contributed by atoms with E-state index in [1.54, 1.807) is 0 Å². The Morgan fingerprint density at radius 3 is 2.20 bits per heavy atom. The lowest BCUT2D eigenvalue weighted by molar-refractivity contribution is -0.165. The number of carbonyl (C=O) groups is 2. The fraction of sp³-hybridized carbons (Fsp3) is 0.875. The lowest BCUT2D eigenvalue weighted by Gasteiger charge is -2.36. The summed E-state index contributed by atoms with van der Waals surface area (Å²) < 4.78 is 5.32. The first-order valence-corrected chi connectivity index (χ1v) is 7.88. The van der Waals surface area contributed by atoms with Crippen LogP contribution >= 0.6 is 0 Å². The molecule has 0 bridgehead atoms. The van der Waals surface area contributed by atoms with Gasteiger partial charge in [0, 0.05) is 0 Å². The van der Waals surface area contributed by atoms with Crippen LogP contribution in [-0.4, -0.2) is 23.7 Å².